The molecule has 18 heavy (non-hydrogen) atoms. The molecule has 0 unspecified atom stereocenters. The van der Waals surface area contributed by atoms with Crippen molar-refractivity contribution in [1.29, 1.82) is 0 Å². The Morgan fingerprint density at radius 1 is 0.722 bits per heavy atom. The van der Waals surface area contributed by atoms with E-state index in [4.69, 9.17) is 4.98 Å². The highest BCUT2D eigenvalue weighted by atomic mass is 14.9. The highest BCUT2D eigenvalue weighted by Crippen LogP contribution is 2.29. The first-order valence-electron chi connectivity index (χ1n) is 6.34. The van der Waals surface area contributed by atoms with Gasteiger partial charge in [-0.1, -0.05) is 20.8 Å². The molecule has 0 saturated carbocycles. The largest absolute Gasteiger partial charge is 0.249 e. The normalized spacial score (nSPS) is 12.2. The number of rotatable bonds is 0. The van der Waals surface area contributed by atoms with Crippen molar-refractivity contribution in [3.8, 4) is 0 Å². The molecule has 0 spiro atoms. The second kappa shape index (κ2) is 4.01. The number of hydrogen-bond acceptors (Lipinski definition) is 3. The van der Waals surface area contributed by atoms with Gasteiger partial charge in [0.2, 0.25) is 0 Å². The zero-order valence-corrected chi connectivity index (χ0v) is 12.3. The summed E-state index contributed by atoms with van der Waals surface area (Å²) < 4.78 is 0. The Balaban J connectivity index is 2.97. The molecule has 0 N–H and O–H groups in total. The SMILES string of the molecule is Cc1nc(C(C)(C)C)c2nc(C)c(C)c(C)c2n1. The summed E-state index contributed by atoms with van der Waals surface area (Å²) in [7, 11) is 0. The van der Waals surface area contributed by atoms with Crippen LogP contribution in [-0.2, 0) is 5.41 Å². The minimum atomic E-state index is -0.0207. The lowest BCUT2D eigenvalue weighted by molar-refractivity contribution is 0.570. The second-order valence-electron chi connectivity index (χ2n) is 6.01. The summed E-state index contributed by atoms with van der Waals surface area (Å²) in [5.74, 6) is 0.820. The summed E-state index contributed by atoms with van der Waals surface area (Å²) in [6.07, 6.45) is 0. The van der Waals surface area contributed by atoms with Crippen molar-refractivity contribution in [2.75, 3.05) is 0 Å². The quantitative estimate of drug-likeness (QED) is 0.710. The van der Waals surface area contributed by atoms with Gasteiger partial charge in [-0.25, -0.2) is 15.0 Å². The molecular weight excluding hydrogens is 222 g/mol. The lowest BCUT2D eigenvalue weighted by Gasteiger charge is -2.21. The average molecular weight is 243 g/mol. The Bertz CT molecular complexity index is 622. The van der Waals surface area contributed by atoms with Crippen LogP contribution in [0.4, 0.5) is 0 Å². The Kier molecular flexibility index (Phi) is 2.88. The van der Waals surface area contributed by atoms with Crippen LogP contribution in [0.1, 0.15) is 49.1 Å². The van der Waals surface area contributed by atoms with Gasteiger partial charge in [-0.3, -0.25) is 0 Å². The Morgan fingerprint density at radius 2 is 1.33 bits per heavy atom. The molecule has 0 radical (unpaired) electrons. The van der Waals surface area contributed by atoms with Crippen LogP contribution in [-0.4, -0.2) is 15.0 Å². The maximum Gasteiger partial charge on any atom is 0.126 e. The first-order valence-corrected chi connectivity index (χ1v) is 6.34. The topological polar surface area (TPSA) is 38.7 Å². The molecule has 3 nitrogen and oxygen atoms in total. The monoisotopic (exact) mass is 243 g/mol. The predicted octanol–water partition coefficient (Wildman–Crippen LogP) is 3.56. The molecule has 0 fully saturated rings. The van der Waals surface area contributed by atoms with E-state index in [0.717, 1.165) is 28.2 Å². The van der Waals surface area contributed by atoms with E-state index in [0.29, 0.717) is 0 Å². The molecular formula is C15H21N3. The fraction of sp³-hybridized carbons (Fsp3) is 0.533. The third-order valence-electron chi connectivity index (χ3n) is 3.45. The first-order chi connectivity index (χ1) is 8.21. The summed E-state index contributed by atoms with van der Waals surface area (Å²) in [4.78, 5) is 13.9. The predicted molar refractivity (Wildman–Crippen MR) is 75.0 cm³/mol. The molecule has 0 aliphatic rings. The molecule has 0 aliphatic heterocycles. The van der Waals surface area contributed by atoms with E-state index in [-0.39, 0.29) is 5.41 Å². The molecule has 3 heteroatoms. The van der Waals surface area contributed by atoms with Crippen LogP contribution in [0.2, 0.25) is 0 Å². The van der Waals surface area contributed by atoms with Crippen LogP contribution in [0.15, 0.2) is 0 Å². The zero-order valence-electron chi connectivity index (χ0n) is 12.3. The van der Waals surface area contributed by atoms with E-state index in [1.54, 1.807) is 0 Å². The van der Waals surface area contributed by atoms with Crippen molar-refractivity contribution in [2.45, 2.75) is 53.9 Å². The van der Waals surface area contributed by atoms with Gasteiger partial charge in [-0.2, -0.15) is 0 Å². The highest BCUT2D eigenvalue weighted by Gasteiger charge is 2.22. The molecule has 0 amide bonds. The Hall–Kier alpha value is -1.51. The fourth-order valence-corrected chi connectivity index (χ4v) is 2.16. The maximum atomic E-state index is 4.72. The minimum Gasteiger partial charge on any atom is -0.249 e. The molecule has 2 rings (SSSR count). The molecule has 2 heterocycles. The van der Waals surface area contributed by atoms with E-state index >= 15 is 0 Å². The van der Waals surface area contributed by atoms with E-state index < -0.39 is 0 Å². The van der Waals surface area contributed by atoms with Gasteiger partial charge in [-0.05, 0) is 38.8 Å². The van der Waals surface area contributed by atoms with E-state index in [2.05, 4.69) is 44.6 Å². The second-order valence-corrected chi connectivity index (χ2v) is 6.01. The van der Waals surface area contributed by atoms with Gasteiger partial charge >= 0.3 is 0 Å². The molecule has 0 aromatic carbocycles. The van der Waals surface area contributed by atoms with Crippen molar-refractivity contribution >= 4 is 11.0 Å². The van der Waals surface area contributed by atoms with Crippen LogP contribution < -0.4 is 0 Å². The third-order valence-corrected chi connectivity index (χ3v) is 3.45. The zero-order chi connectivity index (χ0) is 13.7. The summed E-state index contributed by atoms with van der Waals surface area (Å²) in [5.41, 5.74) is 6.47. The lowest BCUT2D eigenvalue weighted by atomic mass is 9.90. The standard InChI is InChI=1S/C15H21N3/c1-8-9(2)12-13(16-10(8)3)14(15(5,6)7)18-11(4)17-12/h1-7H3. The third kappa shape index (κ3) is 1.98. The van der Waals surface area contributed by atoms with Gasteiger partial charge in [0, 0.05) is 11.1 Å². The van der Waals surface area contributed by atoms with Crippen LogP contribution >= 0.6 is 0 Å². The molecule has 0 saturated heterocycles. The molecule has 2 aromatic heterocycles. The number of pyridine rings is 1. The summed E-state index contributed by atoms with van der Waals surface area (Å²) in [6, 6.07) is 0. The highest BCUT2D eigenvalue weighted by molar-refractivity contribution is 5.82. The molecule has 0 bridgehead atoms. The average Bonchev–Trinajstić information content (AvgIpc) is 2.25. The van der Waals surface area contributed by atoms with Gasteiger partial charge in [0.05, 0.1) is 11.2 Å². The van der Waals surface area contributed by atoms with Gasteiger partial charge in [-0.15, -0.1) is 0 Å². The molecule has 2 aromatic rings. The Morgan fingerprint density at radius 3 is 1.89 bits per heavy atom. The van der Waals surface area contributed by atoms with E-state index in [1.807, 2.05) is 13.8 Å². The van der Waals surface area contributed by atoms with Crippen molar-refractivity contribution < 1.29 is 0 Å². The minimum absolute atomic E-state index is 0.0207. The van der Waals surface area contributed by atoms with Crippen LogP contribution in [0.5, 0.6) is 0 Å². The van der Waals surface area contributed by atoms with Crippen LogP contribution in [0, 0.1) is 27.7 Å². The number of hydrogen-bond donors (Lipinski definition) is 0. The number of fused-ring (bicyclic) bond motifs is 1. The van der Waals surface area contributed by atoms with Gasteiger partial charge in [0.15, 0.2) is 0 Å². The number of aromatic nitrogens is 3. The lowest BCUT2D eigenvalue weighted by Crippen LogP contribution is -2.17. The first kappa shape index (κ1) is 12.9. The number of aryl methyl sites for hydroxylation is 3. The summed E-state index contributed by atoms with van der Waals surface area (Å²) in [6.45, 7) is 14.7. The number of nitrogens with zero attached hydrogens (tertiary/aromatic N) is 3. The van der Waals surface area contributed by atoms with Crippen LogP contribution in [0.25, 0.3) is 11.0 Å². The van der Waals surface area contributed by atoms with E-state index in [9.17, 15) is 0 Å². The summed E-state index contributed by atoms with van der Waals surface area (Å²) >= 11 is 0. The van der Waals surface area contributed by atoms with E-state index in [1.165, 1.54) is 11.1 Å². The van der Waals surface area contributed by atoms with Crippen molar-refractivity contribution in [3.63, 3.8) is 0 Å². The van der Waals surface area contributed by atoms with Crippen molar-refractivity contribution in [1.82, 2.24) is 15.0 Å². The van der Waals surface area contributed by atoms with Gasteiger partial charge in [0.1, 0.15) is 11.3 Å². The van der Waals surface area contributed by atoms with Crippen LogP contribution in [0.3, 0.4) is 0 Å². The molecule has 0 atom stereocenters. The molecule has 0 aliphatic carbocycles. The Labute approximate surface area is 109 Å². The van der Waals surface area contributed by atoms with Crippen molar-refractivity contribution in [3.05, 3.63) is 28.3 Å². The smallest absolute Gasteiger partial charge is 0.126 e. The summed E-state index contributed by atoms with van der Waals surface area (Å²) in [5, 5.41) is 0. The van der Waals surface area contributed by atoms with Gasteiger partial charge < -0.3 is 0 Å². The van der Waals surface area contributed by atoms with Crippen molar-refractivity contribution in [2.24, 2.45) is 0 Å². The van der Waals surface area contributed by atoms with Gasteiger partial charge in [0.25, 0.3) is 0 Å². The molecule has 96 valence electrons. The maximum absolute atomic E-state index is 4.72. The fourth-order valence-electron chi connectivity index (χ4n) is 2.16.